The van der Waals surface area contributed by atoms with Crippen molar-refractivity contribution in [1.29, 1.82) is 0 Å². The monoisotopic (exact) mass is 358 g/mol. The smallest absolute Gasteiger partial charge is 0.220 e. The first-order chi connectivity index (χ1) is 12.7. The molecular weight excluding hydrogens is 332 g/mol. The summed E-state index contributed by atoms with van der Waals surface area (Å²) in [7, 11) is 0. The third kappa shape index (κ3) is 3.65. The number of carbonyl (C=O) groups excluding carboxylic acids is 1. The lowest BCUT2D eigenvalue weighted by molar-refractivity contribution is -0.123. The van der Waals surface area contributed by atoms with Crippen molar-refractivity contribution in [3.8, 4) is 0 Å². The molecule has 2 aromatic rings. The minimum Gasteiger partial charge on any atom is -0.381 e. The molecule has 4 rings (SSSR count). The molecular formula is C18H26N6O2. The van der Waals surface area contributed by atoms with Gasteiger partial charge in [-0.3, -0.25) is 9.20 Å². The van der Waals surface area contributed by atoms with E-state index in [-0.39, 0.29) is 11.9 Å². The number of ether oxygens (including phenoxy) is 1. The topological polar surface area (TPSA) is 84.7 Å². The van der Waals surface area contributed by atoms with Gasteiger partial charge >= 0.3 is 0 Å². The number of aromatic nitrogens is 4. The number of rotatable bonds is 4. The number of amides is 1. The molecule has 2 fully saturated rings. The van der Waals surface area contributed by atoms with Crippen LogP contribution in [0.2, 0.25) is 0 Å². The minimum absolute atomic E-state index is 0.184. The quantitative estimate of drug-likeness (QED) is 0.888. The Labute approximate surface area is 152 Å². The molecule has 2 aliphatic heterocycles. The molecule has 0 bridgehead atoms. The Hall–Kier alpha value is -2.22. The van der Waals surface area contributed by atoms with Crippen LogP contribution in [-0.4, -0.2) is 57.8 Å². The van der Waals surface area contributed by atoms with Crippen LogP contribution < -0.4 is 10.2 Å². The van der Waals surface area contributed by atoms with Crippen molar-refractivity contribution in [3.05, 3.63) is 18.2 Å². The van der Waals surface area contributed by atoms with Gasteiger partial charge in [0, 0.05) is 51.2 Å². The molecule has 0 unspecified atom stereocenters. The zero-order valence-corrected chi connectivity index (χ0v) is 15.2. The second-order valence-electron chi connectivity index (χ2n) is 7.28. The van der Waals surface area contributed by atoms with E-state index in [1.54, 1.807) is 6.20 Å². The van der Waals surface area contributed by atoms with Gasteiger partial charge in [0.2, 0.25) is 11.6 Å². The van der Waals surface area contributed by atoms with Crippen molar-refractivity contribution in [3.63, 3.8) is 0 Å². The van der Waals surface area contributed by atoms with E-state index in [1.165, 1.54) is 0 Å². The van der Waals surface area contributed by atoms with Crippen LogP contribution in [0.3, 0.4) is 0 Å². The zero-order valence-electron chi connectivity index (χ0n) is 15.2. The molecule has 1 N–H and O–H groups in total. The minimum atomic E-state index is 0.184. The number of piperidine rings is 1. The van der Waals surface area contributed by atoms with Crippen molar-refractivity contribution < 1.29 is 9.53 Å². The normalized spacial score (nSPS) is 19.8. The number of nitrogens with one attached hydrogen (secondary N) is 1. The first-order valence-corrected chi connectivity index (χ1v) is 9.49. The molecule has 1 amide bonds. The van der Waals surface area contributed by atoms with E-state index < -0.39 is 0 Å². The maximum absolute atomic E-state index is 12.3. The molecule has 0 aliphatic carbocycles. The largest absolute Gasteiger partial charge is 0.381 e. The Balaban J connectivity index is 1.31. The summed E-state index contributed by atoms with van der Waals surface area (Å²) in [6.45, 7) is 5.24. The fourth-order valence-corrected chi connectivity index (χ4v) is 3.89. The van der Waals surface area contributed by atoms with E-state index in [2.05, 4.69) is 25.4 Å². The van der Waals surface area contributed by atoms with E-state index in [0.717, 1.165) is 69.3 Å². The Morgan fingerprint density at radius 3 is 2.77 bits per heavy atom. The fraction of sp³-hybridized carbons (Fsp3) is 0.667. The summed E-state index contributed by atoms with van der Waals surface area (Å²) in [5.41, 5.74) is 0.806. The van der Waals surface area contributed by atoms with Gasteiger partial charge in [-0.2, -0.15) is 0 Å². The SMILES string of the molecule is Cc1nnc2c(N3CCC(CC(=O)NC4CCOCC4)CC3)nccn12. The molecule has 0 saturated carbocycles. The highest BCUT2D eigenvalue weighted by molar-refractivity contribution is 5.76. The molecule has 26 heavy (non-hydrogen) atoms. The Bertz CT molecular complexity index is 762. The predicted molar refractivity (Wildman–Crippen MR) is 97.1 cm³/mol. The van der Waals surface area contributed by atoms with Gasteiger partial charge < -0.3 is 15.0 Å². The zero-order chi connectivity index (χ0) is 17.9. The van der Waals surface area contributed by atoms with Gasteiger partial charge in [-0.15, -0.1) is 10.2 Å². The maximum Gasteiger partial charge on any atom is 0.220 e. The van der Waals surface area contributed by atoms with E-state index in [0.29, 0.717) is 12.3 Å². The highest BCUT2D eigenvalue weighted by atomic mass is 16.5. The molecule has 8 nitrogen and oxygen atoms in total. The Morgan fingerprint density at radius 1 is 1.23 bits per heavy atom. The van der Waals surface area contributed by atoms with Gasteiger partial charge in [-0.05, 0) is 38.5 Å². The lowest BCUT2D eigenvalue weighted by Gasteiger charge is -2.33. The molecule has 0 radical (unpaired) electrons. The number of hydrogen-bond donors (Lipinski definition) is 1. The van der Waals surface area contributed by atoms with Gasteiger partial charge in [-0.25, -0.2) is 4.98 Å². The van der Waals surface area contributed by atoms with Crippen LogP contribution >= 0.6 is 0 Å². The highest BCUT2D eigenvalue weighted by Crippen LogP contribution is 2.26. The number of carbonyl (C=O) groups is 1. The summed E-state index contributed by atoms with van der Waals surface area (Å²) in [5, 5.41) is 11.6. The van der Waals surface area contributed by atoms with Crippen LogP contribution in [0.5, 0.6) is 0 Å². The van der Waals surface area contributed by atoms with Gasteiger partial charge in [0.25, 0.3) is 0 Å². The summed E-state index contributed by atoms with van der Waals surface area (Å²) in [4.78, 5) is 19.1. The van der Waals surface area contributed by atoms with E-state index in [9.17, 15) is 4.79 Å². The Morgan fingerprint density at radius 2 is 2.00 bits per heavy atom. The molecule has 0 spiro atoms. The number of fused-ring (bicyclic) bond motifs is 1. The van der Waals surface area contributed by atoms with Crippen molar-refractivity contribution in [1.82, 2.24) is 24.9 Å². The van der Waals surface area contributed by atoms with Crippen LogP contribution in [0, 0.1) is 12.8 Å². The number of anilines is 1. The van der Waals surface area contributed by atoms with Gasteiger partial charge in [0.05, 0.1) is 0 Å². The van der Waals surface area contributed by atoms with E-state index in [4.69, 9.17) is 4.74 Å². The number of hydrogen-bond acceptors (Lipinski definition) is 6. The second kappa shape index (κ2) is 7.57. The summed E-state index contributed by atoms with van der Waals surface area (Å²) in [6.07, 6.45) is 8.16. The first-order valence-electron chi connectivity index (χ1n) is 9.49. The molecule has 2 saturated heterocycles. The van der Waals surface area contributed by atoms with Gasteiger partial charge in [0.1, 0.15) is 5.82 Å². The van der Waals surface area contributed by atoms with Crippen LogP contribution in [0.4, 0.5) is 5.82 Å². The number of nitrogens with zero attached hydrogens (tertiary/aromatic N) is 5. The highest BCUT2D eigenvalue weighted by Gasteiger charge is 2.25. The molecule has 2 aromatic heterocycles. The third-order valence-corrected chi connectivity index (χ3v) is 5.45. The average molecular weight is 358 g/mol. The maximum atomic E-state index is 12.3. The summed E-state index contributed by atoms with van der Waals surface area (Å²) in [5.74, 6) is 2.37. The van der Waals surface area contributed by atoms with E-state index >= 15 is 0 Å². The van der Waals surface area contributed by atoms with Crippen molar-refractivity contribution in [2.24, 2.45) is 5.92 Å². The van der Waals surface area contributed by atoms with Crippen LogP contribution in [-0.2, 0) is 9.53 Å². The van der Waals surface area contributed by atoms with Crippen molar-refractivity contribution in [2.45, 2.75) is 45.1 Å². The third-order valence-electron chi connectivity index (χ3n) is 5.45. The van der Waals surface area contributed by atoms with Crippen molar-refractivity contribution >= 4 is 17.4 Å². The standard InChI is InChI=1S/C18H26N6O2/c1-13-21-22-18-17(19-6-9-24(13)18)23-7-2-14(3-8-23)12-16(25)20-15-4-10-26-11-5-15/h6,9,14-15H,2-5,7-8,10-12H2,1H3,(H,20,25). The fourth-order valence-electron chi connectivity index (χ4n) is 3.89. The molecule has 2 aliphatic rings. The summed E-state index contributed by atoms with van der Waals surface area (Å²) >= 11 is 0. The van der Waals surface area contributed by atoms with Gasteiger partial charge in [-0.1, -0.05) is 0 Å². The summed E-state index contributed by atoms with van der Waals surface area (Å²) in [6, 6.07) is 0.286. The Kier molecular flexibility index (Phi) is 5.01. The average Bonchev–Trinajstić information content (AvgIpc) is 3.04. The van der Waals surface area contributed by atoms with E-state index in [1.807, 2.05) is 17.5 Å². The lowest BCUT2D eigenvalue weighted by Crippen LogP contribution is -2.41. The molecule has 0 atom stereocenters. The predicted octanol–water partition coefficient (Wildman–Crippen LogP) is 1.33. The van der Waals surface area contributed by atoms with Gasteiger partial charge in [0.15, 0.2) is 5.82 Å². The van der Waals surface area contributed by atoms with Crippen LogP contribution in [0.1, 0.15) is 37.9 Å². The second-order valence-corrected chi connectivity index (χ2v) is 7.28. The lowest BCUT2D eigenvalue weighted by atomic mass is 9.93. The van der Waals surface area contributed by atoms with Crippen LogP contribution in [0.15, 0.2) is 12.4 Å². The van der Waals surface area contributed by atoms with Crippen LogP contribution in [0.25, 0.3) is 5.65 Å². The molecule has 0 aromatic carbocycles. The molecule has 140 valence electrons. The first kappa shape index (κ1) is 17.2. The number of aryl methyl sites for hydroxylation is 1. The molecule has 8 heteroatoms. The molecule has 4 heterocycles. The van der Waals surface area contributed by atoms with Crippen molar-refractivity contribution in [2.75, 3.05) is 31.2 Å². The summed E-state index contributed by atoms with van der Waals surface area (Å²) < 4.78 is 7.31.